The van der Waals surface area contributed by atoms with Crippen LogP contribution in [0, 0.1) is 0 Å². The van der Waals surface area contributed by atoms with Gasteiger partial charge in [-0.3, -0.25) is 0 Å². The van der Waals surface area contributed by atoms with Crippen LogP contribution in [0.25, 0.3) is 11.1 Å². The molecular formula is C11H10BN. The van der Waals surface area contributed by atoms with Gasteiger partial charge in [0.05, 0.1) is 0 Å². The molecule has 0 spiro atoms. The van der Waals surface area contributed by atoms with Gasteiger partial charge in [-0.1, -0.05) is 0 Å². The molecule has 0 aliphatic heterocycles. The molecule has 13 heavy (non-hydrogen) atoms. The summed E-state index contributed by atoms with van der Waals surface area (Å²) in [6, 6.07) is 14.3. The third-order valence-electron chi connectivity index (χ3n) is 1.99. The molecule has 0 unspecified atom stereocenters. The zero-order valence-corrected chi connectivity index (χ0v) is 7.27. The standard InChI is InChI=1S/C11H10BN/c13-11-8-10(6-7-12-11)9-4-2-1-3-5-9/h1-8H,13H2. The van der Waals surface area contributed by atoms with Crippen molar-refractivity contribution in [2.24, 2.45) is 0 Å². The molecule has 1 aromatic carbocycles. The Morgan fingerprint density at radius 2 is 1.69 bits per heavy atom. The fraction of sp³-hybridized carbons (Fsp3) is 0. The van der Waals surface area contributed by atoms with Crippen LogP contribution in [-0.2, 0) is 0 Å². The summed E-state index contributed by atoms with van der Waals surface area (Å²) in [5.74, 6) is 1.97. The molecule has 2 N–H and O–H groups in total. The van der Waals surface area contributed by atoms with E-state index in [9.17, 15) is 0 Å². The molecule has 0 atom stereocenters. The molecule has 0 aliphatic rings. The monoisotopic (exact) mass is 167 g/mol. The number of anilines is 1. The SMILES string of the molecule is Nc1bccc(-c2ccccc2)c1. The third kappa shape index (κ3) is 1.78. The predicted molar refractivity (Wildman–Crippen MR) is 57.6 cm³/mol. The summed E-state index contributed by atoms with van der Waals surface area (Å²) in [6.45, 7) is 1.90. The Morgan fingerprint density at radius 3 is 2.38 bits per heavy atom. The molecule has 62 valence electrons. The Kier molecular flexibility index (Phi) is 2.13. The zero-order chi connectivity index (χ0) is 9.10. The number of rotatable bonds is 1. The number of hydrogen-bond donors (Lipinski definition) is 1. The van der Waals surface area contributed by atoms with Crippen LogP contribution in [0.4, 0.5) is 5.58 Å². The molecule has 2 heteroatoms. The second-order valence-corrected chi connectivity index (χ2v) is 2.99. The molecule has 1 heterocycles. The van der Waals surface area contributed by atoms with E-state index in [4.69, 9.17) is 5.73 Å². The minimum atomic E-state index is 0.807. The Bertz CT molecular complexity index is 398. The molecule has 2 aromatic rings. The number of nitrogen functional groups attached to an aromatic ring is 1. The second-order valence-electron chi connectivity index (χ2n) is 2.99. The average Bonchev–Trinajstić information content (AvgIpc) is 2.19. The van der Waals surface area contributed by atoms with Gasteiger partial charge in [-0.15, -0.1) is 0 Å². The Morgan fingerprint density at radius 1 is 0.923 bits per heavy atom. The Labute approximate surface area is 78.4 Å². The number of nitrogens with two attached hydrogens (primary N) is 1. The van der Waals surface area contributed by atoms with Crippen LogP contribution in [0.1, 0.15) is 0 Å². The van der Waals surface area contributed by atoms with Gasteiger partial charge >= 0.3 is 77.8 Å². The molecule has 1 aromatic heterocycles. The number of benzene rings is 1. The first-order valence-corrected chi connectivity index (χ1v) is 4.27. The van der Waals surface area contributed by atoms with Gasteiger partial charge in [0.2, 0.25) is 0 Å². The summed E-state index contributed by atoms with van der Waals surface area (Å²) in [4.78, 5) is 0. The molecule has 0 bridgehead atoms. The van der Waals surface area contributed by atoms with E-state index in [1.54, 1.807) is 0 Å². The van der Waals surface area contributed by atoms with Crippen molar-refractivity contribution in [1.82, 2.24) is 0 Å². The van der Waals surface area contributed by atoms with Crippen LogP contribution < -0.4 is 5.73 Å². The van der Waals surface area contributed by atoms with Crippen LogP contribution in [-0.4, -0.2) is 6.91 Å². The van der Waals surface area contributed by atoms with Gasteiger partial charge in [0, 0.05) is 0 Å². The van der Waals surface area contributed by atoms with Gasteiger partial charge in [0.25, 0.3) is 0 Å². The molecule has 0 saturated carbocycles. The fourth-order valence-electron chi connectivity index (χ4n) is 1.35. The third-order valence-corrected chi connectivity index (χ3v) is 1.99. The van der Waals surface area contributed by atoms with Gasteiger partial charge in [0.15, 0.2) is 0 Å². The van der Waals surface area contributed by atoms with Crippen molar-refractivity contribution in [3.05, 3.63) is 48.4 Å². The van der Waals surface area contributed by atoms with Crippen molar-refractivity contribution in [2.75, 3.05) is 5.73 Å². The van der Waals surface area contributed by atoms with E-state index < -0.39 is 0 Å². The summed E-state index contributed by atoms with van der Waals surface area (Å²) < 4.78 is 0. The Balaban J connectivity index is 2.48. The minimum absolute atomic E-state index is 0.807. The van der Waals surface area contributed by atoms with Gasteiger partial charge < -0.3 is 0 Å². The van der Waals surface area contributed by atoms with Crippen molar-refractivity contribution >= 4 is 12.5 Å². The van der Waals surface area contributed by atoms with E-state index in [2.05, 4.69) is 18.2 Å². The van der Waals surface area contributed by atoms with E-state index in [1.165, 1.54) is 11.1 Å². The molecule has 0 saturated heterocycles. The molecule has 0 aliphatic carbocycles. The summed E-state index contributed by atoms with van der Waals surface area (Å²) in [6.07, 6.45) is 0. The molecule has 1 nitrogen and oxygen atoms in total. The maximum absolute atomic E-state index is 5.70. The van der Waals surface area contributed by atoms with E-state index in [0.717, 1.165) is 5.58 Å². The van der Waals surface area contributed by atoms with E-state index >= 15 is 0 Å². The second kappa shape index (κ2) is 3.44. The predicted octanol–water partition coefficient (Wildman–Crippen LogP) is 2.27. The fourth-order valence-corrected chi connectivity index (χ4v) is 1.35. The zero-order valence-electron chi connectivity index (χ0n) is 7.27. The van der Waals surface area contributed by atoms with Crippen molar-refractivity contribution in [1.29, 1.82) is 0 Å². The first-order chi connectivity index (χ1) is 6.36. The first-order valence-electron chi connectivity index (χ1n) is 4.27. The van der Waals surface area contributed by atoms with E-state index in [0.29, 0.717) is 0 Å². The molecule has 0 fully saturated rings. The van der Waals surface area contributed by atoms with Gasteiger partial charge in [-0.2, -0.15) is 0 Å². The van der Waals surface area contributed by atoms with Gasteiger partial charge in [0.1, 0.15) is 0 Å². The normalized spacial score (nSPS) is 9.54. The van der Waals surface area contributed by atoms with Crippen molar-refractivity contribution in [3.63, 3.8) is 0 Å². The van der Waals surface area contributed by atoms with Gasteiger partial charge in [-0.05, 0) is 0 Å². The molecule has 2 rings (SSSR count). The summed E-state index contributed by atoms with van der Waals surface area (Å²) in [5.41, 5.74) is 8.87. The molecule has 0 radical (unpaired) electrons. The Hall–Kier alpha value is -1.57. The van der Waals surface area contributed by atoms with Gasteiger partial charge in [-0.25, -0.2) is 0 Å². The average molecular weight is 167 g/mol. The van der Waals surface area contributed by atoms with E-state index in [-0.39, 0.29) is 0 Å². The number of hydrogen-bond acceptors (Lipinski definition) is 1. The van der Waals surface area contributed by atoms with Crippen molar-refractivity contribution in [2.45, 2.75) is 0 Å². The maximum atomic E-state index is 5.70. The molecule has 0 amide bonds. The van der Waals surface area contributed by atoms with Crippen LogP contribution in [0.2, 0.25) is 0 Å². The van der Waals surface area contributed by atoms with Crippen molar-refractivity contribution in [3.8, 4) is 11.1 Å². The first kappa shape index (κ1) is 8.05. The molecular weight excluding hydrogens is 157 g/mol. The quantitative estimate of drug-likeness (QED) is 0.692. The summed E-state index contributed by atoms with van der Waals surface area (Å²) in [7, 11) is 0. The van der Waals surface area contributed by atoms with Crippen LogP contribution in [0.3, 0.4) is 0 Å². The van der Waals surface area contributed by atoms with Crippen LogP contribution >= 0.6 is 0 Å². The summed E-state index contributed by atoms with van der Waals surface area (Å²) in [5, 5.41) is 0. The van der Waals surface area contributed by atoms with Crippen LogP contribution in [0.15, 0.2) is 48.4 Å². The topological polar surface area (TPSA) is 26.0 Å². The van der Waals surface area contributed by atoms with Crippen molar-refractivity contribution < 1.29 is 0 Å². The summed E-state index contributed by atoms with van der Waals surface area (Å²) >= 11 is 0. The van der Waals surface area contributed by atoms with Crippen LogP contribution in [0.5, 0.6) is 0 Å². The van der Waals surface area contributed by atoms with E-state index in [1.807, 2.05) is 37.1 Å².